The summed E-state index contributed by atoms with van der Waals surface area (Å²) < 4.78 is 1.65. The Kier molecular flexibility index (Phi) is 4.21. The number of hydrogen-bond donors (Lipinski definition) is 0. The van der Waals surface area contributed by atoms with Gasteiger partial charge in [0, 0.05) is 12.7 Å². The van der Waals surface area contributed by atoms with Gasteiger partial charge in [0.25, 0.3) is 5.56 Å². The summed E-state index contributed by atoms with van der Waals surface area (Å²) in [7, 11) is 4.05. The summed E-state index contributed by atoms with van der Waals surface area (Å²) in [5.74, 6) is 0. The van der Waals surface area contributed by atoms with Crippen LogP contribution in [0.4, 0.5) is 0 Å². The van der Waals surface area contributed by atoms with Crippen molar-refractivity contribution in [2.45, 2.75) is 19.5 Å². The van der Waals surface area contributed by atoms with Crippen LogP contribution in [0.25, 0.3) is 11.0 Å². The third-order valence-corrected chi connectivity index (χ3v) is 4.13. The van der Waals surface area contributed by atoms with Crippen LogP contribution in [0.2, 0.25) is 0 Å². The van der Waals surface area contributed by atoms with Crippen molar-refractivity contribution in [1.82, 2.24) is 19.4 Å². The number of hydrogen-bond acceptors (Lipinski definition) is 4. The largest absolute Gasteiger partial charge is 0.301 e. The van der Waals surface area contributed by atoms with Crippen molar-refractivity contribution in [3.05, 3.63) is 70.4 Å². The summed E-state index contributed by atoms with van der Waals surface area (Å²) in [6.07, 6.45) is 3.24. The molecule has 0 radical (unpaired) electrons. The first-order chi connectivity index (χ1) is 11.1. The molecule has 1 atom stereocenters. The smallest absolute Gasteiger partial charge is 0.279 e. The van der Waals surface area contributed by atoms with Gasteiger partial charge in [0.1, 0.15) is 0 Å². The lowest BCUT2D eigenvalue weighted by molar-refractivity contribution is 0.265. The Bertz CT molecular complexity index is 885. The maximum Gasteiger partial charge on any atom is 0.279 e. The van der Waals surface area contributed by atoms with E-state index in [1.165, 1.54) is 11.1 Å². The summed E-state index contributed by atoms with van der Waals surface area (Å²) in [5.41, 5.74) is 3.37. The van der Waals surface area contributed by atoms with Gasteiger partial charge in [0.15, 0.2) is 5.52 Å². The molecule has 3 aromatic rings. The van der Waals surface area contributed by atoms with E-state index in [0.717, 1.165) is 0 Å². The third-order valence-electron chi connectivity index (χ3n) is 4.13. The number of fused-ring (bicyclic) bond motifs is 1. The van der Waals surface area contributed by atoms with Gasteiger partial charge in [-0.25, -0.2) is 9.97 Å². The van der Waals surface area contributed by atoms with E-state index >= 15 is 0 Å². The molecule has 2 aromatic heterocycles. The predicted molar refractivity (Wildman–Crippen MR) is 91.4 cm³/mol. The highest BCUT2D eigenvalue weighted by Crippen LogP contribution is 2.23. The number of aryl methyl sites for hydroxylation is 1. The second kappa shape index (κ2) is 6.30. The molecule has 0 aliphatic carbocycles. The molecule has 2 heterocycles. The van der Waals surface area contributed by atoms with Crippen LogP contribution in [-0.2, 0) is 6.54 Å². The zero-order valence-corrected chi connectivity index (χ0v) is 13.6. The molecule has 0 unspecified atom stereocenters. The molecular formula is C18H20N4O. The SMILES string of the molecule is Cc1ccccc1[C@H](Cn1cnc2cccnc2c1=O)N(C)C. The normalized spacial score (nSPS) is 12.7. The average molecular weight is 308 g/mol. The third kappa shape index (κ3) is 3.00. The molecular weight excluding hydrogens is 288 g/mol. The highest BCUT2D eigenvalue weighted by molar-refractivity contribution is 5.71. The Morgan fingerprint density at radius 1 is 1.13 bits per heavy atom. The molecule has 0 bridgehead atoms. The van der Waals surface area contributed by atoms with Crippen LogP contribution in [0.5, 0.6) is 0 Å². The molecule has 0 aliphatic rings. The number of aromatic nitrogens is 3. The van der Waals surface area contributed by atoms with Crippen molar-refractivity contribution >= 4 is 11.0 Å². The van der Waals surface area contributed by atoms with E-state index in [9.17, 15) is 4.79 Å². The number of benzene rings is 1. The number of likely N-dealkylation sites (N-methyl/N-ethyl adjacent to an activating group) is 1. The minimum Gasteiger partial charge on any atom is -0.301 e. The number of rotatable bonds is 4. The highest BCUT2D eigenvalue weighted by Gasteiger charge is 2.18. The van der Waals surface area contributed by atoms with E-state index in [2.05, 4.69) is 33.9 Å². The number of pyridine rings is 1. The maximum atomic E-state index is 12.6. The van der Waals surface area contributed by atoms with Crippen LogP contribution in [0.1, 0.15) is 17.2 Å². The summed E-state index contributed by atoms with van der Waals surface area (Å²) >= 11 is 0. The second-order valence-electron chi connectivity index (χ2n) is 5.91. The molecule has 0 N–H and O–H groups in total. The lowest BCUT2D eigenvalue weighted by atomic mass is 10.0. The van der Waals surface area contributed by atoms with Gasteiger partial charge in [-0.3, -0.25) is 9.36 Å². The molecule has 5 nitrogen and oxygen atoms in total. The van der Waals surface area contributed by atoms with Gasteiger partial charge in [-0.1, -0.05) is 24.3 Å². The zero-order chi connectivity index (χ0) is 16.4. The quantitative estimate of drug-likeness (QED) is 0.742. The van der Waals surface area contributed by atoms with Crippen LogP contribution in [-0.4, -0.2) is 33.5 Å². The van der Waals surface area contributed by atoms with E-state index < -0.39 is 0 Å². The van der Waals surface area contributed by atoms with Crippen molar-refractivity contribution in [2.75, 3.05) is 14.1 Å². The molecule has 1 aromatic carbocycles. The topological polar surface area (TPSA) is 51.0 Å². The first-order valence-electron chi connectivity index (χ1n) is 7.60. The fraction of sp³-hybridized carbons (Fsp3) is 0.278. The van der Waals surface area contributed by atoms with Gasteiger partial charge in [0.05, 0.1) is 17.9 Å². The molecule has 0 amide bonds. The van der Waals surface area contributed by atoms with Crippen molar-refractivity contribution in [3.63, 3.8) is 0 Å². The first-order valence-corrected chi connectivity index (χ1v) is 7.60. The maximum absolute atomic E-state index is 12.6. The Labute approximate surface area is 135 Å². The molecule has 0 fully saturated rings. The van der Waals surface area contributed by atoms with E-state index in [1.54, 1.807) is 29.2 Å². The Balaban J connectivity index is 2.03. The van der Waals surface area contributed by atoms with Gasteiger partial charge in [0.2, 0.25) is 0 Å². The van der Waals surface area contributed by atoms with Gasteiger partial charge < -0.3 is 4.90 Å². The second-order valence-corrected chi connectivity index (χ2v) is 5.91. The van der Waals surface area contributed by atoms with Crippen LogP contribution >= 0.6 is 0 Å². The summed E-state index contributed by atoms with van der Waals surface area (Å²) in [5, 5.41) is 0. The summed E-state index contributed by atoms with van der Waals surface area (Å²) in [4.78, 5) is 23.3. The number of nitrogens with zero attached hydrogens (tertiary/aromatic N) is 4. The fourth-order valence-corrected chi connectivity index (χ4v) is 2.80. The van der Waals surface area contributed by atoms with Gasteiger partial charge >= 0.3 is 0 Å². The van der Waals surface area contributed by atoms with Crippen molar-refractivity contribution in [2.24, 2.45) is 0 Å². The van der Waals surface area contributed by atoms with Gasteiger partial charge in [-0.15, -0.1) is 0 Å². The summed E-state index contributed by atoms with van der Waals surface area (Å²) in [6, 6.07) is 11.9. The standard InChI is InChI=1S/C18H20N4O/c1-13-7-4-5-8-14(13)16(21(2)3)11-22-12-20-15-9-6-10-19-17(15)18(22)23/h4-10,12,16H,11H2,1-3H3/t16-/m0/s1. The first kappa shape index (κ1) is 15.4. The molecule has 23 heavy (non-hydrogen) atoms. The van der Waals surface area contributed by atoms with Crippen molar-refractivity contribution < 1.29 is 0 Å². The minimum atomic E-state index is -0.101. The Morgan fingerprint density at radius 3 is 2.65 bits per heavy atom. The predicted octanol–water partition coefficient (Wildman–Crippen LogP) is 2.40. The van der Waals surface area contributed by atoms with Crippen molar-refractivity contribution in [1.29, 1.82) is 0 Å². The highest BCUT2D eigenvalue weighted by atomic mass is 16.1. The van der Waals surface area contributed by atoms with E-state index in [1.807, 2.05) is 26.2 Å². The minimum absolute atomic E-state index is 0.0943. The van der Waals surface area contributed by atoms with Crippen LogP contribution in [0.15, 0.2) is 53.7 Å². The van der Waals surface area contributed by atoms with Crippen molar-refractivity contribution in [3.8, 4) is 0 Å². The molecule has 0 aliphatic heterocycles. The molecule has 118 valence electrons. The van der Waals surface area contributed by atoms with E-state index in [0.29, 0.717) is 17.6 Å². The Morgan fingerprint density at radius 2 is 1.91 bits per heavy atom. The molecule has 0 spiro atoms. The van der Waals surface area contributed by atoms with Crippen LogP contribution in [0.3, 0.4) is 0 Å². The average Bonchev–Trinajstić information content (AvgIpc) is 2.55. The fourth-order valence-electron chi connectivity index (χ4n) is 2.80. The lowest BCUT2D eigenvalue weighted by Gasteiger charge is -2.26. The summed E-state index contributed by atoms with van der Waals surface area (Å²) in [6.45, 7) is 2.63. The van der Waals surface area contributed by atoms with Crippen LogP contribution < -0.4 is 5.56 Å². The van der Waals surface area contributed by atoms with E-state index in [-0.39, 0.29) is 11.6 Å². The zero-order valence-electron chi connectivity index (χ0n) is 13.6. The molecule has 0 saturated carbocycles. The molecule has 0 saturated heterocycles. The van der Waals surface area contributed by atoms with Crippen LogP contribution in [0, 0.1) is 6.92 Å². The monoisotopic (exact) mass is 308 g/mol. The molecule has 5 heteroatoms. The molecule has 3 rings (SSSR count). The van der Waals surface area contributed by atoms with E-state index in [4.69, 9.17) is 0 Å². The van der Waals surface area contributed by atoms with Gasteiger partial charge in [-0.2, -0.15) is 0 Å². The Hall–Kier alpha value is -2.53. The van der Waals surface area contributed by atoms with Gasteiger partial charge in [-0.05, 0) is 44.3 Å². The lowest BCUT2D eigenvalue weighted by Crippen LogP contribution is -2.30.